The minimum atomic E-state index is -0.855. The van der Waals surface area contributed by atoms with Gasteiger partial charge in [0.05, 0.1) is 14.2 Å². The number of methoxy groups -OCH3 is 2. The number of benzene rings is 2. The Kier molecular flexibility index (Phi) is 6.73. The van der Waals surface area contributed by atoms with E-state index < -0.39 is 23.7 Å². The van der Waals surface area contributed by atoms with Crippen molar-refractivity contribution in [2.75, 3.05) is 20.8 Å². The minimum absolute atomic E-state index is 0.345. The molecule has 1 aliphatic rings. The van der Waals surface area contributed by atoms with Crippen LogP contribution in [-0.4, -0.2) is 43.3 Å². The van der Waals surface area contributed by atoms with Crippen molar-refractivity contribution in [2.24, 2.45) is 0 Å². The summed E-state index contributed by atoms with van der Waals surface area (Å²) >= 11 is 0. The Bertz CT molecular complexity index is 949. The van der Waals surface area contributed by atoms with E-state index in [1.54, 1.807) is 33.9 Å². The Morgan fingerprint density at radius 2 is 1.84 bits per heavy atom. The second kappa shape index (κ2) is 9.29. The molecule has 2 aromatic rings. The normalized spacial score (nSPS) is 15.6. The largest absolute Gasteiger partial charge is 0.496 e. The van der Waals surface area contributed by atoms with Crippen LogP contribution in [0.4, 0.5) is 4.79 Å². The fraction of sp³-hybridized carbons (Fsp3) is 0.417. The van der Waals surface area contributed by atoms with Gasteiger partial charge >= 0.3 is 12.1 Å². The molecule has 0 fully saturated rings. The molecule has 0 saturated heterocycles. The molecule has 31 heavy (non-hydrogen) atoms. The van der Waals surface area contributed by atoms with Crippen LogP contribution in [0.15, 0.2) is 42.5 Å². The molecule has 1 aliphatic heterocycles. The standard InChI is InChI=1S/C24H29NO6/c1-24(2,3)31-23(27)25-13-12-16-14-18(10-11-19(16)21(25)22(26)29-5)30-15-17-8-6-7-9-20(17)28-4/h6-11,14,21H,12-13,15H2,1-5H3/t21-/m1/s1. The molecule has 0 radical (unpaired) electrons. The molecule has 0 saturated carbocycles. The molecule has 166 valence electrons. The molecule has 0 aromatic heterocycles. The van der Waals surface area contributed by atoms with Gasteiger partial charge in [-0.1, -0.05) is 24.3 Å². The highest BCUT2D eigenvalue weighted by atomic mass is 16.6. The average molecular weight is 427 g/mol. The summed E-state index contributed by atoms with van der Waals surface area (Å²) in [5, 5.41) is 0. The smallest absolute Gasteiger partial charge is 0.411 e. The number of rotatable bonds is 5. The summed E-state index contributed by atoms with van der Waals surface area (Å²) in [7, 11) is 2.94. The summed E-state index contributed by atoms with van der Waals surface area (Å²) < 4.78 is 21.8. The highest BCUT2D eigenvalue weighted by molar-refractivity contribution is 5.84. The van der Waals surface area contributed by atoms with Crippen molar-refractivity contribution in [3.8, 4) is 11.5 Å². The second-order valence-corrected chi connectivity index (χ2v) is 8.31. The van der Waals surface area contributed by atoms with Crippen LogP contribution in [0.2, 0.25) is 0 Å². The summed E-state index contributed by atoms with van der Waals surface area (Å²) in [6.07, 6.45) is 0.0403. The average Bonchev–Trinajstić information content (AvgIpc) is 2.75. The van der Waals surface area contributed by atoms with Gasteiger partial charge < -0.3 is 18.9 Å². The Labute approximate surface area is 182 Å². The van der Waals surface area contributed by atoms with Gasteiger partial charge in [0.2, 0.25) is 0 Å². The minimum Gasteiger partial charge on any atom is -0.496 e. The van der Waals surface area contributed by atoms with Gasteiger partial charge in [0.1, 0.15) is 23.7 Å². The number of carbonyl (C=O) groups excluding carboxylic acids is 2. The first kappa shape index (κ1) is 22.5. The third-order valence-corrected chi connectivity index (χ3v) is 4.98. The van der Waals surface area contributed by atoms with Crippen LogP contribution in [0.3, 0.4) is 0 Å². The first-order valence-corrected chi connectivity index (χ1v) is 10.2. The SMILES string of the molecule is COC(=O)[C@H]1c2ccc(OCc3ccccc3OC)cc2CCN1C(=O)OC(C)(C)C. The topological polar surface area (TPSA) is 74.3 Å². The number of hydrogen-bond acceptors (Lipinski definition) is 6. The van der Waals surface area contributed by atoms with Gasteiger partial charge in [0.25, 0.3) is 0 Å². The van der Waals surface area contributed by atoms with Crippen molar-refractivity contribution in [3.63, 3.8) is 0 Å². The van der Waals surface area contributed by atoms with E-state index in [2.05, 4.69) is 0 Å². The number of para-hydroxylation sites is 1. The zero-order chi connectivity index (χ0) is 22.6. The van der Waals surface area contributed by atoms with Crippen molar-refractivity contribution in [3.05, 3.63) is 59.2 Å². The van der Waals surface area contributed by atoms with E-state index in [-0.39, 0.29) is 0 Å². The lowest BCUT2D eigenvalue weighted by Crippen LogP contribution is -2.46. The van der Waals surface area contributed by atoms with Gasteiger partial charge in [-0.15, -0.1) is 0 Å². The summed E-state index contributed by atoms with van der Waals surface area (Å²) in [6, 6.07) is 12.3. The predicted molar refractivity (Wildman–Crippen MR) is 115 cm³/mol. The van der Waals surface area contributed by atoms with E-state index in [0.717, 1.165) is 16.9 Å². The van der Waals surface area contributed by atoms with E-state index in [4.69, 9.17) is 18.9 Å². The quantitative estimate of drug-likeness (QED) is 0.663. The van der Waals surface area contributed by atoms with Crippen molar-refractivity contribution in [1.82, 2.24) is 4.90 Å². The third-order valence-electron chi connectivity index (χ3n) is 4.98. The number of fused-ring (bicyclic) bond motifs is 1. The van der Waals surface area contributed by atoms with E-state index in [9.17, 15) is 9.59 Å². The number of carbonyl (C=O) groups is 2. The van der Waals surface area contributed by atoms with Gasteiger partial charge in [-0.25, -0.2) is 9.59 Å². The maximum Gasteiger partial charge on any atom is 0.411 e. The molecule has 3 rings (SSSR count). The van der Waals surface area contributed by atoms with Crippen molar-refractivity contribution in [2.45, 2.75) is 45.4 Å². The molecule has 7 nitrogen and oxygen atoms in total. The van der Waals surface area contributed by atoms with Crippen LogP contribution in [-0.2, 0) is 27.3 Å². The number of hydrogen-bond donors (Lipinski definition) is 0. The maximum atomic E-state index is 12.7. The Balaban J connectivity index is 1.82. The first-order valence-electron chi connectivity index (χ1n) is 10.2. The summed E-state index contributed by atoms with van der Waals surface area (Å²) in [5.41, 5.74) is 1.93. The van der Waals surface area contributed by atoms with Crippen LogP contribution < -0.4 is 9.47 Å². The monoisotopic (exact) mass is 427 g/mol. The molecule has 0 bridgehead atoms. The number of esters is 1. The number of amides is 1. The maximum absolute atomic E-state index is 12.7. The fourth-order valence-corrected chi connectivity index (χ4v) is 3.56. The van der Waals surface area contributed by atoms with Crippen molar-refractivity contribution < 1.29 is 28.5 Å². The summed E-state index contributed by atoms with van der Waals surface area (Å²) in [4.78, 5) is 26.7. The Morgan fingerprint density at radius 1 is 1.10 bits per heavy atom. The van der Waals surface area contributed by atoms with Gasteiger partial charge in [0, 0.05) is 12.1 Å². The molecule has 7 heteroatoms. The Hall–Kier alpha value is -3.22. The van der Waals surface area contributed by atoms with Crippen molar-refractivity contribution in [1.29, 1.82) is 0 Å². The van der Waals surface area contributed by atoms with E-state index in [0.29, 0.717) is 30.9 Å². The van der Waals surface area contributed by atoms with E-state index in [1.807, 2.05) is 36.4 Å². The van der Waals surface area contributed by atoms with Crippen LogP contribution in [0.25, 0.3) is 0 Å². The molecule has 0 aliphatic carbocycles. The molecule has 1 heterocycles. The molecule has 1 atom stereocenters. The van der Waals surface area contributed by atoms with Crippen LogP contribution >= 0.6 is 0 Å². The lowest BCUT2D eigenvalue weighted by Gasteiger charge is -2.36. The molecule has 1 amide bonds. The summed E-state index contributed by atoms with van der Waals surface area (Å²) in [6.45, 7) is 6.08. The third kappa shape index (κ3) is 5.29. The lowest BCUT2D eigenvalue weighted by atomic mass is 9.92. The molecule has 0 unspecified atom stereocenters. The van der Waals surface area contributed by atoms with E-state index in [1.165, 1.54) is 12.0 Å². The van der Waals surface area contributed by atoms with Crippen LogP contribution in [0.5, 0.6) is 11.5 Å². The summed E-state index contributed by atoms with van der Waals surface area (Å²) in [5.74, 6) is 0.938. The van der Waals surface area contributed by atoms with Gasteiger partial charge in [-0.05, 0) is 56.5 Å². The highest BCUT2D eigenvalue weighted by Gasteiger charge is 2.39. The molecule has 0 spiro atoms. The molecule has 0 N–H and O–H groups in total. The first-order chi connectivity index (χ1) is 14.7. The Morgan fingerprint density at radius 3 is 2.52 bits per heavy atom. The number of ether oxygens (including phenoxy) is 4. The highest BCUT2D eigenvalue weighted by Crippen LogP contribution is 2.34. The second-order valence-electron chi connectivity index (χ2n) is 8.31. The molecular weight excluding hydrogens is 398 g/mol. The van der Waals surface area contributed by atoms with Crippen LogP contribution in [0, 0.1) is 0 Å². The fourth-order valence-electron chi connectivity index (χ4n) is 3.56. The van der Waals surface area contributed by atoms with Gasteiger partial charge in [-0.2, -0.15) is 0 Å². The molecular formula is C24H29NO6. The molecule has 2 aromatic carbocycles. The van der Waals surface area contributed by atoms with Gasteiger partial charge in [-0.3, -0.25) is 4.90 Å². The lowest BCUT2D eigenvalue weighted by molar-refractivity contribution is -0.147. The zero-order valence-electron chi connectivity index (χ0n) is 18.6. The van der Waals surface area contributed by atoms with Crippen LogP contribution in [0.1, 0.15) is 43.5 Å². The zero-order valence-corrected chi connectivity index (χ0v) is 18.6. The predicted octanol–water partition coefficient (Wildman–Crippen LogP) is 4.28. The number of nitrogens with zero attached hydrogens (tertiary/aromatic N) is 1. The van der Waals surface area contributed by atoms with Crippen molar-refractivity contribution >= 4 is 12.1 Å². The van der Waals surface area contributed by atoms with E-state index >= 15 is 0 Å². The van der Waals surface area contributed by atoms with Gasteiger partial charge in [0.15, 0.2) is 6.04 Å².